The van der Waals surface area contributed by atoms with Gasteiger partial charge in [-0.1, -0.05) is 11.6 Å². The zero-order chi connectivity index (χ0) is 13.3. The van der Waals surface area contributed by atoms with Gasteiger partial charge in [0.25, 0.3) is 10.0 Å². The summed E-state index contributed by atoms with van der Waals surface area (Å²) >= 11 is 9.73. The van der Waals surface area contributed by atoms with Crippen molar-refractivity contribution in [2.75, 3.05) is 4.72 Å². The third-order valence-electron chi connectivity index (χ3n) is 1.99. The van der Waals surface area contributed by atoms with E-state index >= 15 is 0 Å². The summed E-state index contributed by atoms with van der Waals surface area (Å²) in [6.45, 7) is 0. The second kappa shape index (κ2) is 5.16. The Bertz CT molecular complexity index is 687. The largest absolute Gasteiger partial charge is 0.278 e. The van der Waals surface area contributed by atoms with Crippen LogP contribution in [-0.4, -0.2) is 8.42 Å². The van der Waals surface area contributed by atoms with Crippen molar-refractivity contribution >= 4 is 54.6 Å². The number of hydrogen-bond donors (Lipinski definition) is 1. The van der Waals surface area contributed by atoms with E-state index in [2.05, 4.69) is 20.7 Å². The maximum atomic E-state index is 12.9. The molecule has 1 N–H and O–H groups in total. The summed E-state index contributed by atoms with van der Waals surface area (Å²) in [7, 11) is -3.70. The molecule has 3 nitrogen and oxygen atoms in total. The first-order valence-corrected chi connectivity index (χ1v) is 8.09. The number of sulfonamides is 1. The van der Waals surface area contributed by atoms with E-state index in [4.69, 9.17) is 11.6 Å². The highest BCUT2D eigenvalue weighted by Crippen LogP contribution is 2.29. The Morgan fingerprint density at radius 2 is 2.00 bits per heavy atom. The summed E-state index contributed by atoms with van der Waals surface area (Å²) in [6, 6.07) is 6.60. The van der Waals surface area contributed by atoms with E-state index in [1.165, 1.54) is 30.3 Å². The van der Waals surface area contributed by atoms with Crippen molar-refractivity contribution in [1.82, 2.24) is 0 Å². The Morgan fingerprint density at radius 1 is 1.28 bits per heavy atom. The normalized spacial score (nSPS) is 11.5. The molecule has 1 heterocycles. The van der Waals surface area contributed by atoms with E-state index in [1.54, 1.807) is 0 Å². The van der Waals surface area contributed by atoms with Crippen LogP contribution < -0.4 is 4.72 Å². The molecule has 0 unspecified atom stereocenters. The first kappa shape index (κ1) is 13.8. The third kappa shape index (κ3) is 3.03. The topological polar surface area (TPSA) is 46.2 Å². The van der Waals surface area contributed by atoms with E-state index in [9.17, 15) is 12.8 Å². The predicted octanol–water partition coefficient (Wildman–Crippen LogP) is 4.10. The number of thiophene rings is 1. The van der Waals surface area contributed by atoms with Gasteiger partial charge in [0.15, 0.2) is 0 Å². The summed E-state index contributed by atoms with van der Waals surface area (Å²) in [5, 5.41) is 0. The lowest BCUT2D eigenvalue weighted by Gasteiger charge is -2.08. The van der Waals surface area contributed by atoms with Crippen molar-refractivity contribution in [2.45, 2.75) is 4.21 Å². The lowest BCUT2D eigenvalue weighted by molar-refractivity contribution is 0.603. The number of benzene rings is 1. The molecule has 0 radical (unpaired) electrons. The van der Waals surface area contributed by atoms with Gasteiger partial charge < -0.3 is 0 Å². The van der Waals surface area contributed by atoms with Gasteiger partial charge in [0.05, 0.1) is 10.0 Å². The number of halogens is 3. The van der Waals surface area contributed by atoms with E-state index in [0.717, 1.165) is 11.3 Å². The monoisotopic (exact) mass is 369 g/mol. The summed E-state index contributed by atoms with van der Waals surface area (Å²) in [5.41, 5.74) is 0.265. The van der Waals surface area contributed by atoms with Gasteiger partial charge in [0.1, 0.15) is 10.0 Å². The molecule has 0 spiro atoms. The van der Waals surface area contributed by atoms with Crippen LogP contribution in [0.2, 0.25) is 4.34 Å². The van der Waals surface area contributed by atoms with Crippen molar-refractivity contribution < 1.29 is 12.8 Å². The van der Waals surface area contributed by atoms with Crippen LogP contribution in [0.5, 0.6) is 0 Å². The molecule has 2 aromatic rings. The van der Waals surface area contributed by atoms with Gasteiger partial charge in [-0.05, 0) is 46.3 Å². The van der Waals surface area contributed by atoms with Crippen LogP contribution in [0, 0.1) is 5.82 Å². The van der Waals surface area contributed by atoms with Gasteiger partial charge in [-0.15, -0.1) is 11.3 Å². The third-order valence-corrected chi connectivity index (χ3v) is 5.73. The second-order valence-electron chi connectivity index (χ2n) is 3.29. The van der Waals surface area contributed by atoms with Crippen LogP contribution in [0.25, 0.3) is 0 Å². The van der Waals surface area contributed by atoms with Gasteiger partial charge >= 0.3 is 0 Å². The van der Waals surface area contributed by atoms with Gasteiger partial charge in [0.2, 0.25) is 0 Å². The molecule has 0 saturated heterocycles. The quantitative estimate of drug-likeness (QED) is 0.884. The average molecular weight is 371 g/mol. The summed E-state index contributed by atoms with van der Waals surface area (Å²) in [5.74, 6) is -0.455. The molecule has 18 heavy (non-hydrogen) atoms. The molecular formula is C10H6BrClFNO2S2. The Morgan fingerprint density at radius 3 is 2.56 bits per heavy atom. The van der Waals surface area contributed by atoms with Crippen molar-refractivity contribution in [1.29, 1.82) is 0 Å². The molecule has 96 valence electrons. The maximum absolute atomic E-state index is 12.9. The molecule has 0 saturated carbocycles. The Labute approximate surface area is 121 Å². The summed E-state index contributed by atoms with van der Waals surface area (Å²) < 4.78 is 40.0. The van der Waals surface area contributed by atoms with Crippen LogP contribution in [-0.2, 0) is 10.0 Å². The molecule has 1 aromatic heterocycles. The molecule has 0 aliphatic heterocycles. The van der Waals surface area contributed by atoms with E-state index in [0.29, 0.717) is 8.81 Å². The molecule has 1 aromatic carbocycles. The van der Waals surface area contributed by atoms with Gasteiger partial charge in [-0.3, -0.25) is 4.72 Å². The molecule has 8 heteroatoms. The highest BCUT2D eigenvalue weighted by atomic mass is 79.9. The highest BCUT2D eigenvalue weighted by Gasteiger charge is 2.18. The highest BCUT2D eigenvalue weighted by molar-refractivity contribution is 9.10. The molecule has 0 amide bonds. The second-order valence-corrected chi connectivity index (χ2v) is 7.77. The Balaban J connectivity index is 2.33. The number of nitrogens with one attached hydrogen (secondary N) is 1. The minimum Gasteiger partial charge on any atom is -0.278 e. The van der Waals surface area contributed by atoms with Crippen LogP contribution in [0.1, 0.15) is 0 Å². The SMILES string of the molecule is O=S(=O)(Nc1ccc(F)cc1Br)c1ccc(Cl)s1. The predicted molar refractivity (Wildman–Crippen MR) is 74.2 cm³/mol. The molecule has 0 bridgehead atoms. The maximum Gasteiger partial charge on any atom is 0.271 e. The van der Waals surface area contributed by atoms with Crippen LogP contribution in [0.3, 0.4) is 0 Å². The lowest BCUT2D eigenvalue weighted by Crippen LogP contribution is -2.11. The molecular weight excluding hydrogens is 365 g/mol. The Kier molecular flexibility index (Phi) is 3.96. The number of hydrogen-bond acceptors (Lipinski definition) is 3. The fraction of sp³-hybridized carbons (Fsp3) is 0. The van der Waals surface area contributed by atoms with E-state index < -0.39 is 15.8 Å². The zero-order valence-electron chi connectivity index (χ0n) is 8.65. The van der Waals surface area contributed by atoms with Crippen LogP contribution >= 0.6 is 38.9 Å². The number of rotatable bonds is 3. The average Bonchev–Trinajstić information content (AvgIpc) is 2.70. The summed E-state index contributed by atoms with van der Waals surface area (Å²) in [6.07, 6.45) is 0. The zero-order valence-corrected chi connectivity index (χ0v) is 12.6. The smallest absolute Gasteiger partial charge is 0.271 e. The van der Waals surface area contributed by atoms with Crippen molar-refractivity contribution in [3.8, 4) is 0 Å². The van der Waals surface area contributed by atoms with Crippen molar-refractivity contribution in [2.24, 2.45) is 0 Å². The van der Waals surface area contributed by atoms with Crippen LogP contribution in [0.4, 0.5) is 10.1 Å². The van der Waals surface area contributed by atoms with E-state index in [-0.39, 0.29) is 9.90 Å². The van der Waals surface area contributed by atoms with Crippen LogP contribution in [0.15, 0.2) is 39.0 Å². The molecule has 0 aliphatic carbocycles. The van der Waals surface area contributed by atoms with Gasteiger partial charge in [-0.25, -0.2) is 12.8 Å². The summed E-state index contributed by atoms with van der Waals surface area (Å²) in [4.78, 5) is 0. The van der Waals surface area contributed by atoms with Crippen molar-refractivity contribution in [3.63, 3.8) is 0 Å². The first-order chi connectivity index (χ1) is 8.38. The Hall–Kier alpha value is -0.630. The van der Waals surface area contributed by atoms with E-state index in [1.807, 2.05) is 0 Å². The molecule has 0 atom stereocenters. The standard InChI is InChI=1S/C10H6BrClFNO2S2/c11-7-5-6(13)1-2-8(7)14-18(15,16)10-4-3-9(12)17-10/h1-5,14H. The first-order valence-electron chi connectivity index (χ1n) is 4.62. The molecule has 0 aliphatic rings. The fourth-order valence-corrected chi connectivity index (χ4v) is 4.35. The van der Waals surface area contributed by atoms with Gasteiger partial charge in [0, 0.05) is 4.47 Å². The lowest BCUT2D eigenvalue weighted by atomic mass is 10.3. The fourth-order valence-electron chi connectivity index (χ4n) is 1.21. The molecule has 2 rings (SSSR count). The van der Waals surface area contributed by atoms with Gasteiger partial charge in [-0.2, -0.15) is 0 Å². The minimum absolute atomic E-state index is 0.101. The minimum atomic E-state index is -3.70. The number of anilines is 1. The van der Waals surface area contributed by atoms with Crippen molar-refractivity contribution in [3.05, 3.63) is 45.0 Å². The molecule has 0 fully saturated rings.